The highest BCUT2D eigenvalue weighted by Gasteiger charge is 2.52. The second-order valence-corrected chi connectivity index (χ2v) is 7.38. The molecule has 1 heterocycles. The van der Waals surface area contributed by atoms with Gasteiger partial charge in [0.1, 0.15) is 5.54 Å². The van der Waals surface area contributed by atoms with E-state index in [-0.39, 0.29) is 18.2 Å². The van der Waals surface area contributed by atoms with Crippen molar-refractivity contribution in [2.75, 3.05) is 0 Å². The van der Waals surface area contributed by atoms with Crippen molar-refractivity contribution in [3.63, 3.8) is 0 Å². The van der Waals surface area contributed by atoms with E-state index in [9.17, 15) is 14.4 Å². The molecule has 1 aromatic carbocycles. The molecule has 6 nitrogen and oxygen atoms in total. The Labute approximate surface area is 146 Å². The number of urea groups is 1. The average Bonchev–Trinajstić information content (AvgIpc) is 3.14. The number of carbonyl (C=O) groups is 3. The zero-order valence-electron chi connectivity index (χ0n) is 14.3. The predicted molar refractivity (Wildman–Crippen MR) is 91.5 cm³/mol. The Morgan fingerprint density at radius 3 is 2.64 bits per heavy atom. The number of hydrogen-bond donors (Lipinski definition) is 2. The third-order valence-corrected chi connectivity index (χ3v) is 5.63. The van der Waals surface area contributed by atoms with Crippen molar-refractivity contribution in [1.29, 1.82) is 0 Å². The summed E-state index contributed by atoms with van der Waals surface area (Å²) in [6.07, 6.45) is 7.70. The molecule has 25 heavy (non-hydrogen) atoms. The summed E-state index contributed by atoms with van der Waals surface area (Å²) >= 11 is 0. The first-order chi connectivity index (χ1) is 12.1. The number of fused-ring (bicyclic) bond motifs is 1. The highest BCUT2D eigenvalue weighted by Crippen LogP contribution is 2.33. The third-order valence-electron chi connectivity index (χ3n) is 5.63. The molecule has 1 saturated carbocycles. The van der Waals surface area contributed by atoms with Gasteiger partial charge in [0.2, 0.25) is 5.91 Å². The van der Waals surface area contributed by atoms with Crippen LogP contribution in [0.1, 0.15) is 55.2 Å². The van der Waals surface area contributed by atoms with Crippen molar-refractivity contribution in [2.45, 2.75) is 63.3 Å². The van der Waals surface area contributed by atoms with E-state index in [0.717, 1.165) is 49.1 Å². The summed E-state index contributed by atoms with van der Waals surface area (Å²) in [5, 5.41) is 3.67. The maximum Gasteiger partial charge on any atom is 0.344 e. The van der Waals surface area contributed by atoms with Crippen LogP contribution in [0.15, 0.2) is 18.2 Å². The number of nitrogens with zero attached hydrogens (tertiary/aromatic N) is 1. The molecule has 4 rings (SSSR count). The Kier molecular flexibility index (Phi) is 3.98. The summed E-state index contributed by atoms with van der Waals surface area (Å²) < 4.78 is 0. The molecule has 0 radical (unpaired) electrons. The first-order valence-corrected chi connectivity index (χ1v) is 9.14. The number of benzene rings is 1. The largest absolute Gasteiger partial charge is 0.344 e. The standard InChI is InChI=1S/C19H23N3O3/c23-16(12-13-7-8-14-5-4-6-15(14)11-13)21-22-17(24)19(20-18(22)25)9-2-1-3-10-19/h7-8,11H,1-6,9-10,12H2,(H,20,25)(H,21,23). The average molecular weight is 341 g/mol. The van der Waals surface area contributed by atoms with Gasteiger partial charge in [0.25, 0.3) is 5.91 Å². The summed E-state index contributed by atoms with van der Waals surface area (Å²) in [6, 6.07) is 5.58. The van der Waals surface area contributed by atoms with Gasteiger partial charge in [-0.15, -0.1) is 0 Å². The quantitative estimate of drug-likeness (QED) is 0.826. The van der Waals surface area contributed by atoms with Gasteiger partial charge in [0.05, 0.1) is 6.42 Å². The highest BCUT2D eigenvalue weighted by atomic mass is 16.2. The molecule has 132 valence electrons. The lowest BCUT2D eigenvalue weighted by Gasteiger charge is -2.30. The fourth-order valence-corrected chi connectivity index (χ4v) is 4.30. The number of carbonyl (C=O) groups excluding carboxylic acids is 3. The van der Waals surface area contributed by atoms with Gasteiger partial charge < -0.3 is 5.32 Å². The van der Waals surface area contributed by atoms with Gasteiger partial charge in [-0.2, -0.15) is 5.01 Å². The van der Waals surface area contributed by atoms with Gasteiger partial charge in [0, 0.05) is 0 Å². The molecule has 2 aliphatic carbocycles. The number of rotatable bonds is 3. The fourth-order valence-electron chi connectivity index (χ4n) is 4.30. The van der Waals surface area contributed by atoms with Crippen molar-refractivity contribution in [2.24, 2.45) is 0 Å². The number of nitrogens with one attached hydrogen (secondary N) is 2. The smallest absolute Gasteiger partial charge is 0.322 e. The monoisotopic (exact) mass is 341 g/mol. The number of hydrazine groups is 1. The molecule has 0 aromatic heterocycles. The number of amides is 4. The lowest BCUT2D eigenvalue weighted by atomic mass is 9.82. The molecule has 2 fully saturated rings. The third kappa shape index (κ3) is 2.90. The number of imide groups is 1. The van der Waals surface area contributed by atoms with Crippen molar-refractivity contribution in [3.05, 3.63) is 34.9 Å². The van der Waals surface area contributed by atoms with E-state index in [4.69, 9.17) is 0 Å². The summed E-state index contributed by atoms with van der Waals surface area (Å²) in [7, 11) is 0. The second-order valence-electron chi connectivity index (χ2n) is 7.38. The number of hydrogen-bond acceptors (Lipinski definition) is 3. The van der Waals surface area contributed by atoms with E-state index in [2.05, 4.69) is 22.9 Å². The molecular weight excluding hydrogens is 318 g/mol. The van der Waals surface area contributed by atoms with Crippen LogP contribution >= 0.6 is 0 Å². The minimum atomic E-state index is -0.809. The Bertz CT molecular complexity index is 737. The molecule has 2 N–H and O–H groups in total. The summed E-state index contributed by atoms with van der Waals surface area (Å²) in [4.78, 5) is 37.2. The Balaban J connectivity index is 1.42. The highest BCUT2D eigenvalue weighted by molar-refractivity contribution is 6.08. The molecule has 0 bridgehead atoms. The van der Waals surface area contributed by atoms with E-state index in [1.54, 1.807) is 0 Å². The molecule has 0 atom stereocenters. The molecule has 3 aliphatic rings. The maximum atomic E-state index is 12.7. The Hall–Kier alpha value is -2.37. The van der Waals surface area contributed by atoms with Crippen molar-refractivity contribution < 1.29 is 14.4 Å². The zero-order chi connectivity index (χ0) is 17.4. The Morgan fingerprint density at radius 2 is 1.84 bits per heavy atom. The van der Waals surface area contributed by atoms with Crippen LogP contribution in [-0.4, -0.2) is 28.4 Å². The second kappa shape index (κ2) is 6.17. The van der Waals surface area contributed by atoms with Gasteiger partial charge in [-0.25, -0.2) is 4.79 Å². The Morgan fingerprint density at radius 1 is 1.08 bits per heavy atom. The van der Waals surface area contributed by atoms with Gasteiger partial charge in [-0.3, -0.25) is 15.0 Å². The van der Waals surface area contributed by atoms with Crippen LogP contribution in [0.25, 0.3) is 0 Å². The van der Waals surface area contributed by atoms with Crippen LogP contribution in [0, 0.1) is 0 Å². The van der Waals surface area contributed by atoms with Gasteiger partial charge in [-0.1, -0.05) is 37.5 Å². The van der Waals surface area contributed by atoms with Crippen molar-refractivity contribution >= 4 is 17.8 Å². The van der Waals surface area contributed by atoms with E-state index in [1.807, 2.05) is 6.07 Å². The lowest BCUT2D eigenvalue weighted by molar-refractivity contribution is -0.139. The molecule has 1 saturated heterocycles. The molecule has 1 aromatic rings. The normalized spacial score (nSPS) is 21.4. The maximum absolute atomic E-state index is 12.7. The minimum absolute atomic E-state index is 0.164. The van der Waals surface area contributed by atoms with Crippen molar-refractivity contribution in [1.82, 2.24) is 15.8 Å². The molecular formula is C19H23N3O3. The molecule has 1 spiro atoms. The van der Waals surface area contributed by atoms with E-state index in [1.165, 1.54) is 11.1 Å². The fraction of sp³-hybridized carbons (Fsp3) is 0.526. The first-order valence-electron chi connectivity index (χ1n) is 9.14. The minimum Gasteiger partial charge on any atom is -0.322 e. The SMILES string of the molecule is O=C(Cc1ccc2c(c1)CCC2)NN1C(=O)NC2(CCCCC2)C1=O. The molecule has 0 unspecified atom stereocenters. The predicted octanol–water partition coefficient (Wildman–Crippen LogP) is 2.00. The van der Waals surface area contributed by atoms with E-state index < -0.39 is 11.6 Å². The zero-order valence-corrected chi connectivity index (χ0v) is 14.3. The lowest BCUT2D eigenvalue weighted by Crippen LogP contribution is -2.51. The van der Waals surface area contributed by atoms with Crippen molar-refractivity contribution in [3.8, 4) is 0 Å². The van der Waals surface area contributed by atoms with Crippen LogP contribution in [0.3, 0.4) is 0 Å². The molecule has 6 heteroatoms. The van der Waals surface area contributed by atoms with Gasteiger partial charge >= 0.3 is 6.03 Å². The van der Waals surface area contributed by atoms with Gasteiger partial charge in [0.15, 0.2) is 0 Å². The van der Waals surface area contributed by atoms with Gasteiger partial charge in [-0.05, 0) is 48.8 Å². The summed E-state index contributed by atoms with van der Waals surface area (Å²) in [6.45, 7) is 0. The van der Waals surface area contributed by atoms with E-state index in [0.29, 0.717) is 12.8 Å². The van der Waals surface area contributed by atoms with E-state index >= 15 is 0 Å². The van der Waals surface area contributed by atoms with Crippen LogP contribution in [0.4, 0.5) is 4.79 Å². The van der Waals surface area contributed by atoms with Crippen LogP contribution in [0.5, 0.6) is 0 Å². The van der Waals surface area contributed by atoms with Crippen LogP contribution < -0.4 is 10.7 Å². The topological polar surface area (TPSA) is 78.5 Å². The molecule has 4 amide bonds. The van der Waals surface area contributed by atoms with Crippen LogP contribution in [0.2, 0.25) is 0 Å². The molecule has 1 aliphatic heterocycles. The van der Waals surface area contributed by atoms with Crippen LogP contribution in [-0.2, 0) is 28.9 Å². The summed E-state index contributed by atoms with van der Waals surface area (Å²) in [5.41, 5.74) is 5.27. The summed E-state index contributed by atoms with van der Waals surface area (Å²) in [5.74, 6) is -0.659. The first kappa shape index (κ1) is 16.1. The number of aryl methyl sites for hydroxylation is 2.